The third kappa shape index (κ3) is 5.40. The molecular formula is C22H27FN2O. The van der Waals surface area contributed by atoms with Crippen molar-refractivity contribution in [3.05, 3.63) is 71.5 Å². The minimum absolute atomic E-state index is 0.0900. The summed E-state index contributed by atoms with van der Waals surface area (Å²) >= 11 is 0. The van der Waals surface area contributed by atoms with E-state index in [1.807, 2.05) is 6.07 Å². The fourth-order valence-corrected chi connectivity index (χ4v) is 3.59. The van der Waals surface area contributed by atoms with E-state index in [1.54, 1.807) is 12.1 Å². The van der Waals surface area contributed by atoms with Gasteiger partial charge in [0.05, 0.1) is 6.04 Å². The average Bonchev–Trinajstić information content (AvgIpc) is 3.19. The molecule has 138 valence electrons. The zero-order valence-corrected chi connectivity index (χ0v) is 15.2. The summed E-state index contributed by atoms with van der Waals surface area (Å²) in [6, 6.07) is 17.2. The number of hydrogen-bond donors (Lipinski definition) is 1. The average molecular weight is 354 g/mol. The summed E-state index contributed by atoms with van der Waals surface area (Å²) in [6.07, 6.45) is 4.53. The van der Waals surface area contributed by atoms with Gasteiger partial charge in [0.1, 0.15) is 5.82 Å². The molecule has 1 atom stereocenters. The highest BCUT2D eigenvalue weighted by Crippen LogP contribution is 2.24. The Morgan fingerprint density at radius 1 is 1.04 bits per heavy atom. The number of halogens is 1. The lowest BCUT2D eigenvalue weighted by Crippen LogP contribution is -2.36. The number of amides is 1. The van der Waals surface area contributed by atoms with E-state index in [4.69, 9.17) is 0 Å². The van der Waals surface area contributed by atoms with Crippen LogP contribution in [-0.2, 0) is 11.2 Å². The zero-order chi connectivity index (χ0) is 18.2. The van der Waals surface area contributed by atoms with Crippen molar-refractivity contribution in [2.24, 2.45) is 0 Å². The lowest BCUT2D eigenvalue weighted by Gasteiger charge is -2.28. The van der Waals surface area contributed by atoms with E-state index in [9.17, 15) is 9.18 Å². The van der Waals surface area contributed by atoms with Crippen LogP contribution in [0, 0.1) is 5.82 Å². The molecule has 1 N–H and O–H groups in total. The van der Waals surface area contributed by atoms with E-state index in [0.29, 0.717) is 13.0 Å². The Balaban J connectivity index is 1.47. The first-order chi connectivity index (χ1) is 12.7. The van der Waals surface area contributed by atoms with Crippen LogP contribution in [0.25, 0.3) is 0 Å². The largest absolute Gasteiger partial charge is 0.354 e. The molecule has 26 heavy (non-hydrogen) atoms. The highest BCUT2D eigenvalue weighted by Gasteiger charge is 2.23. The Bertz CT molecular complexity index is 681. The van der Waals surface area contributed by atoms with Gasteiger partial charge in [0.25, 0.3) is 0 Å². The Kier molecular flexibility index (Phi) is 6.78. The van der Waals surface area contributed by atoms with Crippen molar-refractivity contribution >= 4 is 5.91 Å². The van der Waals surface area contributed by atoms with Gasteiger partial charge < -0.3 is 5.32 Å². The maximum atomic E-state index is 12.9. The summed E-state index contributed by atoms with van der Waals surface area (Å²) in [5.74, 6) is -0.132. The number of aryl methyl sites for hydroxylation is 1. The predicted octanol–water partition coefficient (Wildman–Crippen LogP) is 4.10. The van der Waals surface area contributed by atoms with E-state index >= 15 is 0 Å². The van der Waals surface area contributed by atoms with Crippen LogP contribution in [0.15, 0.2) is 54.6 Å². The van der Waals surface area contributed by atoms with Crippen LogP contribution in [0.2, 0.25) is 0 Å². The molecule has 3 nitrogen and oxygen atoms in total. The molecule has 0 radical (unpaired) electrons. The first kappa shape index (κ1) is 18.6. The summed E-state index contributed by atoms with van der Waals surface area (Å²) in [4.78, 5) is 14.7. The molecular weight excluding hydrogens is 327 g/mol. The quantitative estimate of drug-likeness (QED) is 0.774. The molecule has 1 unspecified atom stereocenters. The second-order valence-corrected chi connectivity index (χ2v) is 6.95. The third-order valence-corrected chi connectivity index (χ3v) is 5.04. The van der Waals surface area contributed by atoms with Crippen molar-refractivity contribution < 1.29 is 9.18 Å². The van der Waals surface area contributed by atoms with Gasteiger partial charge in [-0.25, -0.2) is 4.39 Å². The molecule has 0 saturated carbocycles. The molecule has 0 aliphatic carbocycles. The molecule has 1 saturated heterocycles. The summed E-state index contributed by atoms with van der Waals surface area (Å²) in [6.45, 7) is 2.85. The smallest absolute Gasteiger partial charge is 0.220 e. The Morgan fingerprint density at radius 2 is 1.73 bits per heavy atom. The van der Waals surface area contributed by atoms with Crippen molar-refractivity contribution in [2.45, 2.75) is 38.1 Å². The van der Waals surface area contributed by atoms with Crippen LogP contribution in [0.5, 0.6) is 0 Å². The van der Waals surface area contributed by atoms with Gasteiger partial charge in [0, 0.05) is 13.0 Å². The second-order valence-electron chi connectivity index (χ2n) is 6.95. The number of carbonyl (C=O) groups excluding carboxylic acids is 1. The zero-order valence-electron chi connectivity index (χ0n) is 15.2. The van der Waals surface area contributed by atoms with Gasteiger partial charge in [-0.15, -0.1) is 0 Å². The number of nitrogens with one attached hydrogen (secondary N) is 1. The van der Waals surface area contributed by atoms with E-state index < -0.39 is 0 Å². The van der Waals surface area contributed by atoms with Gasteiger partial charge in [-0.1, -0.05) is 42.5 Å². The van der Waals surface area contributed by atoms with Crippen LogP contribution in [0.4, 0.5) is 4.39 Å². The minimum atomic E-state index is -0.222. The van der Waals surface area contributed by atoms with E-state index in [1.165, 1.54) is 30.5 Å². The van der Waals surface area contributed by atoms with Gasteiger partial charge in [-0.3, -0.25) is 9.69 Å². The maximum Gasteiger partial charge on any atom is 0.220 e. The number of likely N-dealkylation sites (tertiary alicyclic amines) is 1. The number of nitrogens with zero attached hydrogens (tertiary/aromatic N) is 1. The molecule has 1 amide bonds. The monoisotopic (exact) mass is 354 g/mol. The first-order valence-corrected chi connectivity index (χ1v) is 9.52. The molecule has 0 bridgehead atoms. The predicted molar refractivity (Wildman–Crippen MR) is 102 cm³/mol. The molecule has 2 aromatic carbocycles. The van der Waals surface area contributed by atoms with Crippen molar-refractivity contribution in [2.75, 3.05) is 19.6 Å². The molecule has 3 rings (SSSR count). The maximum absolute atomic E-state index is 12.9. The first-order valence-electron chi connectivity index (χ1n) is 9.52. The molecule has 4 heteroatoms. The van der Waals surface area contributed by atoms with Crippen LogP contribution in [0.3, 0.4) is 0 Å². The van der Waals surface area contributed by atoms with Gasteiger partial charge >= 0.3 is 0 Å². The lowest BCUT2D eigenvalue weighted by atomic mass is 10.1. The standard InChI is InChI=1S/C22H27FN2O/c23-20-13-11-18(12-14-20)7-6-10-22(26)24-17-21(25-15-4-5-16-25)19-8-2-1-3-9-19/h1-3,8-9,11-14,21H,4-7,10,15-17H2,(H,24,26). The lowest BCUT2D eigenvalue weighted by molar-refractivity contribution is -0.121. The van der Waals surface area contributed by atoms with Gasteiger partial charge in [0.2, 0.25) is 5.91 Å². The van der Waals surface area contributed by atoms with E-state index in [2.05, 4.69) is 34.5 Å². The molecule has 2 aromatic rings. The highest BCUT2D eigenvalue weighted by atomic mass is 19.1. The normalized spacial score (nSPS) is 15.7. The van der Waals surface area contributed by atoms with Gasteiger partial charge in [-0.05, 0) is 62.0 Å². The van der Waals surface area contributed by atoms with Crippen LogP contribution >= 0.6 is 0 Å². The summed E-state index contributed by atoms with van der Waals surface area (Å²) in [5.41, 5.74) is 2.33. The fraction of sp³-hybridized carbons (Fsp3) is 0.409. The van der Waals surface area contributed by atoms with E-state index in [0.717, 1.165) is 31.5 Å². The number of carbonyl (C=O) groups is 1. The fourth-order valence-electron chi connectivity index (χ4n) is 3.59. The van der Waals surface area contributed by atoms with Gasteiger partial charge in [0.15, 0.2) is 0 Å². The molecule has 1 heterocycles. The topological polar surface area (TPSA) is 32.3 Å². The summed E-state index contributed by atoms with van der Waals surface area (Å²) in [7, 11) is 0. The SMILES string of the molecule is O=C(CCCc1ccc(F)cc1)NCC(c1ccccc1)N1CCCC1. The van der Waals surface area contributed by atoms with Crippen LogP contribution in [-0.4, -0.2) is 30.4 Å². The molecule has 0 spiro atoms. The molecule has 1 aliphatic rings. The Hall–Kier alpha value is -2.20. The molecule has 1 aliphatic heterocycles. The third-order valence-electron chi connectivity index (χ3n) is 5.04. The molecule has 0 aromatic heterocycles. The number of rotatable bonds is 8. The minimum Gasteiger partial charge on any atom is -0.354 e. The van der Waals surface area contributed by atoms with Crippen LogP contribution in [0.1, 0.15) is 42.9 Å². The van der Waals surface area contributed by atoms with Crippen LogP contribution < -0.4 is 5.32 Å². The number of benzene rings is 2. The van der Waals surface area contributed by atoms with Crippen molar-refractivity contribution in [3.63, 3.8) is 0 Å². The Morgan fingerprint density at radius 3 is 2.42 bits per heavy atom. The van der Waals surface area contributed by atoms with Crippen molar-refractivity contribution in [3.8, 4) is 0 Å². The van der Waals surface area contributed by atoms with Gasteiger partial charge in [-0.2, -0.15) is 0 Å². The second kappa shape index (κ2) is 9.48. The Labute approximate surface area is 155 Å². The molecule has 1 fully saturated rings. The van der Waals surface area contributed by atoms with Crippen molar-refractivity contribution in [1.29, 1.82) is 0 Å². The summed E-state index contributed by atoms with van der Waals surface area (Å²) in [5, 5.41) is 3.11. The van der Waals surface area contributed by atoms with Crippen molar-refractivity contribution in [1.82, 2.24) is 10.2 Å². The highest BCUT2D eigenvalue weighted by molar-refractivity contribution is 5.75. The van der Waals surface area contributed by atoms with E-state index in [-0.39, 0.29) is 17.8 Å². The summed E-state index contributed by atoms with van der Waals surface area (Å²) < 4.78 is 12.9. The number of hydrogen-bond acceptors (Lipinski definition) is 2.